The molecule has 3 aromatic carbocycles. The Morgan fingerprint density at radius 1 is 0.733 bits per heavy atom. The van der Waals surface area contributed by atoms with Crippen LogP contribution in [0.2, 0.25) is 0 Å². The zero-order valence-electron chi connectivity index (χ0n) is 18.0. The lowest BCUT2D eigenvalue weighted by atomic mass is 9.86. The van der Waals surface area contributed by atoms with Crippen LogP contribution in [0.1, 0.15) is 27.8 Å². The second kappa shape index (κ2) is 8.15. The summed E-state index contributed by atoms with van der Waals surface area (Å²) in [6.45, 7) is 4.70. The molecule has 1 heterocycles. The molecular formula is C26H26O4. The van der Waals surface area contributed by atoms with Crippen molar-refractivity contribution in [1.82, 2.24) is 0 Å². The highest BCUT2D eigenvalue weighted by molar-refractivity contribution is 6.02. The molecule has 154 valence electrons. The number of aryl methyl sites for hydroxylation is 1. The fraction of sp³-hybridized carbons (Fsp3) is 0.231. The van der Waals surface area contributed by atoms with Crippen molar-refractivity contribution in [2.75, 3.05) is 27.9 Å². The van der Waals surface area contributed by atoms with Gasteiger partial charge in [-0.2, -0.15) is 0 Å². The first-order valence-electron chi connectivity index (χ1n) is 9.90. The molecule has 0 saturated heterocycles. The summed E-state index contributed by atoms with van der Waals surface area (Å²) in [5, 5.41) is 0. The third-order valence-electron chi connectivity index (χ3n) is 5.72. The maximum atomic E-state index is 6.27. The van der Waals surface area contributed by atoms with Crippen LogP contribution in [0.5, 0.6) is 23.0 Å². The minimum atomic E-state index is 0.480. The number of hydrogen-bond donors (Lipinski definition) is 0. The van der Waals surface area contributed by atoms with Gasteiger partial charge in [0.1, 0.15) is 18.1 Å². The van der Waals surface area contributed by atoms with E-state index in [2.05, 4.69) is 44.2 Å². The highest BCUT2D eigenvalue weighted by atomic mass is 16.5. The van der Waals surface area contributed by atoms with Crippen LogP contribution in [0.3, 0.4) is 0 Å². The Morgan fingerprint density at radius 2 is 1.43 bits per heavy atom. The second-order valence-corrected chi connectivity index (χ2v) is 7.32. The van der Waals surface area contributed by atoms with Gasteiger partial charge in [0.15, 0.2) is 11.5 Å². The van der Waals surface area contributed by atoms with Crippen LogP contribution in [0.15, 0.2) is 54.6 Å². The lowest BCUT2D eigenvalue weighted by molar-refractivity contribution is 0.353. The van der Waals surface area contributed by atoms with Gasteiger partial charge in [0.05, 0.1) is 21.3 Å². The summed E-state index contributed by atoms with van der Waals surface area (Å²) in [6, 6.07) is 18.5. The summed E-state index contributed by atoms with van der Waals surface area (Å²) < 4.78 is 22.6. The molecule has 4 heteroatoms. The van der Waals surface area contributed by atoms with Gasteiger partial charge in [0.2, 0.25) is 0 Å². The summed E-state index contributed by atoms with van der Waals surface area (Å²) in [6.07, 6.45) is 0. The van der Waals surface area contributed by atoms with E-state index in [0.717, 1.165) is 39.3 Å². The van der Waals surface area contributed by atoms with Gasteiger partial charge >= 0.3 is 0 Å². The Labute approximate surface area is 177 Å². The van der Waals surface area contributed by atoms with Gasteiger partial charge in [-0.05, 0) is 65.9 Å². The summed E-state index contributed by atoms with van der Waals surface area (Å²) in [7, 11) is 4.98. The Morgan fingerprint density at radius 3 is 2.10 bits per heavy atom. The van der Waals surface area contributed by atoms with Gasteiger partial charge in [-0.1, -0.05) is 30.3 Å². The van der Waals surface area contributed by atoms with Crippen molar-refractivity contribution in [2.45, 2.75) is 13.8 Å². The second-order valence-electron chi connectivity index (χ2n) is 7.32. The highest BCUT2D eigenvalue weighted by Gasteiger charge is 2.25. The fourth-order valence-electron chi connectivity index (χ4n) is 3.89. The topological polar surface area (TPSA) is 36.9 Å². The Bertz CT molecular complexity index is 1110. The first-order valence-corrected chi connectivity index (χ1v) is 9.90. The van der Waals surface area contributed by atoms with Crippen LogP contribution >= 0.6 is 0 Å². The average molecular weight is 402 g/mol. The Balaban J connectivity index is 1.97. The standard InChI is InChI=1S/C26H26O4/c1-16-6-12-21-25(18-7-10-20(27-3)11-8-18)22(15-30-26(21)17(16)2)19-9-13-23(28-4)24(14-19)29-5/h6-14H,15H2,1-5H3. The molecule has 0 aromatic heterocycles. The van der Waals surface area contributed by atoms with Crippen molar-refractivity contribution >= 4 is 11.1 Å². The van der Waals surface area contributed by atoms with E-state index in [0.29, 0.717) is 18.1 Å². The van der Waals surface area contributed by atoms with Crippen LogP contribution in [0, 0.1) is 13.8 Å². The van der Waals surface area contributed by atoms with E-state index in [9.17, 15) is 0 Å². The third-order valence-corrected chi connectivity index (χ3v) is 5.72. The van der Waals surface area contributed by atoms with Crippen LogP contribution in [0.25, 0.3) is 11.1 Å². The van der Waals surface area contributed by atoms with Crippen molar-refractivity contribution in [3.05, 3.63) is 82.4 Å². The highest BCUT2D eigenvalue weighted by Crippen LogP contribution is 2.44. The molecule has 4 nitrogen and oxygen atoms in total. The number of hydrogen-bond acceptors (Lipinski definition) is 4. The van der Waals surface area contributed by atoms with E-state index in [4.69, 9.17) is 18.9 Å². The molecule has 30 heavy (non-hydrogen) atoms. The number of methoxy groups -OCH3 is 3. The summed E-state index contributed by atoms with van der Waals surface area (Å²) >= 11 is 0. The van der Waals surface area contributed by atoms with Crippen molar-refractivity contribution in [2.24, 2.45) is 0 Å². The molecule has 0 atom stereocenters. The first-order chi connectivity index (χ1) is 14.6. The monoisotopic (exact) mass is 402 g/mol. The van der Waals surface area contributed by atoms with Gasteiger partial charge in [0.25, 0.3) is 0 Å². The molecule has 0 spiro atoms. The van der Waals surface area contributed by atoms with E-state index in [-0.39, 0.29) is 0 Å². The van der Waals surface area contributed by atoms with Crippen LogP contribution < -0.4 is 18.9 Å². The van der Waals surface area contributed by atoms with E-state index in [1.807, 2.05) is 24.3 Å². The minimum Gasteiger partial charge on any atom is -0.497 e. The molecule has 0 saturated carbocycles. The smallest absolute Gasteiger partial charge is 0.161 e. The Hall–Kier alpha value is -3.40. The van der Waals surface area contributed by atoms with E-state index in [1.54, 1.807) is 21.3 Å². The molecule has 0 fully saturated rings. The molecule has 0 N–H and O–H groups in total. The van der Waals surface area contributed by atoms with Crippen LogP contribution in [-0.2, 0) is 0 Å². The van der Waals surface area contributed by atoms with Crippen LogP contribution in [-0.4, -0.2) is 27.9 Å². The number of fused-ring (bicyclic) bond motifs is 1. The van der Waals surface area contributed by atoms with E-state index < -0.39 is 0 Å². The maximum absolute atomic E-state index is 6.27. The van der Waals surface area contributed by atoms with Gasteiger partial charge in [-0.3, -0.25) is 0 Å². The summed E-state index contributed by atoms with van der Waals surface area (Å²) in [4.78, 5) is 0. The number of benzene rings is 3. The summed E-state index contributed by atoms with van der Waals surface area (Å²) in [5.74, 6) is 3.18. The zero-order chi connectivity index (χ0) is 21.3. The number of ether oxygens (including phenoxy) is 4. The first kappa shape index (κ1) is 19.9. The van der Waals surface area contributed by atoms with Crippen molar-refractivity contribution in [3.8, 4) is 23.0 Å². The van der Waals surface area contributed by atoms with Gasteiger partial charge in [-0.15, -0.1) is 0 Å². The predicted octanol–water partition coefficient (Wildman–Crippen LogP) is 5.68. The molecule has 0 amide bonds. The molecule has 0 aliphatic carbocycles. The lowest BCUT2D eigenvalue weighted by Crippen LogP contribution is -2.13. The molecule has 0 unspecified atom stereocenters. The molecule has 1 aliphatic rings. The largest absolute Gasteiger partial charge is 0.497 e. The molecule has 4 rings (SSSR count). The van der Waals surface area contributed by atoms with Gasteiger partial charge in [-0.25, -0.2) is 0 Å². The lowest BCUT2D eigenvalue weighted by Gasteiger charge is -2.27. The van der Waals surface area contributed by atoms with Gasteiger partial charge in [0, 0.05) is 11.1 Å². The van der Waals surface area contributed by atoms with Crippen LogP contribution in [0.4, 0.5) is 0 Å². The van der Waals surface area contributed by atoms with E-state index in [1.165, 1.54) is 11.1 Å². The Kier molecular flexibility index (Phi) is 5.40. The zero-order valence-corrected chi connectivity index (χ0v) is 18.0. The molecular weight excluding hydrogens is 376 g/mol. The molecule has 0 bridgehead atoms. The average Bonchev–Trinajstić information content (AvgIpc) is 2.80. The van der Waals surface area contributed by atoms with Crippen molar-refractivity contribution < 1.29 is 18.9 Å². The molecule has 0 radical (unpaired) electrons. The maximum Gasteiger partial charge on any atom is 0.161 e. The summed E-state index contributed by atoms with van der Waals surface area (Å²) in [5.41, 5.74) is 7.92. The minimum absolute atomic E-state index is 0.480. The normalized spacial score (nSPS) is 12.8. The fourth-order valence-corrected chi connectivity index (χ4v) is 3.89. The quantitative estimate of drug-likeness (QED) is 0.550. The SMILES string of the molecule is COc1ccc(C2=C(c3ccc(OC)c(OC)c3)COc3c2ccc(C)c3C)cc1. The van der Waals surface area contributed by atoms with Crippen molar-refractivity contribution in [1.29, 1.82) is 0 Å². The van der Waals surface area contributed by atoms with E-state index >= 15 is 0 Å². The number of rotatable bonds is 5. The van der Waals surface area contributed by atoms with Crippen molar-refractivity contribution in [3.63, 3.8) is 0 Å². The predicted molar refractivity (Wildman–Crippen MR) is 120 cm³/mol. The van der Waals surface area contributed by atoms with Gasteiger partial charge < -0.3 is 18.9 Å². The molecule has 3 aromatic rings. The third kappa shape index (κ3) is 3.39. The molecule has 1 aliphatic heterocycles.